The third kappa shape index (κ3) is 3.43. The van der Waals surface area contributed by atoms with E-state index in [0.29, 0.717) is 12.3 Å². The molecule has 2 aromatic heterocycles. The largest absolute Gasteiger partial charge is 0.345 e. The summed E-state index contributed by atoms with van der Waals surface area (Å²) in [5.41, 5.74) is 1.82. The minimum atomic E-state index is 0.205. The summed E-state index contributed by atoms with van der Waals surface area (Å²) in [6, 6.07) is 3.81. The molecule has 19 heavy (non-hydrogen) atoms. The normalized spacial score (nSPS) is 13.7. The molecule has 0 saturated heterocycles. The molecule has 0 radical (unpaired) electrons. The number of Topliss-reactive ketones (excluding diaryl/α,β-unsaturated/α-hetero) is 1. The van der Waals surface area contributed by atoms with Gasteiger partial charge in [-0.2, -0.15) is 0 Å². The van der Waals surface area contributed by atoms with Gasteiger partial charge in [-0.1, -0.05) is 27.7 Å². The lowest BCUT2D eigenvalue weighted by molar-refractivity contribution is 0.0956. The van der Waals surface area contributed by atoms with Crippen molar-refractivity contribution >= 4 is 16.8 Å². The number of hydrogen-bond donors (Lipinski definition) is 1. The van der Waals surface area contributed by atoms with Crippen molar-refractivity contribution in [2.45, 2.75) is 40.5 Å². The zero-order chi connectivity index (χ0) is 14.0. The van der Waals surface area contributed by atoms with Crippen LogP contribution in [0.3, 0.4) is 0 Å². The van der Waals surface area contributed by atoms with Crippen LogP contribution in [0.25, 0.3) is 11.0 Å². The van der Waals surface area contributed by atoms with E-state index in [1.807, 2.05) is 12.1 Å². The van der Waals surface area contributed by atoms with Gasteiger partial charge in [-0.25, -0.2) is 4.98 Å². The fraction of sp³-hybridized carbons (Fsp3) is 0.500. The lowest BCUT2D eigenvalue weighted by Gasteiger charge is -2.22. The molecular formula is C16H22N2O. The first-order valence-electron chi connectivity index (χ1n) is 6.82. The molecular weight excluding hydrogens is 236 g/mol. The summed E-state index contributed by atoms with van der Waals surface area (Å²) < 4.78 is 0. The number of rotatable bonds is 4. The van der Waals surface area contributed by atoms with Gasteiger partial charge in [-0.15, -0.1) is 0 Å². The summed E-state index contributed by atoms with van der Waals surface area (Å²) in [6.07, 6.45) is 5.16. The quantitative estimate of drug-likeness (QED) is 0.835. The van der Waals surface area contributed by atoms with Crippen LogP contribution in [0.15, 0.2) is 24.5 Å². The Morgan fingerprint density at radius 3 is 2.84 bits per heavy atom. The van der Waals surface area contributed by atoms with Gasteiger partial charge in [0.1, 0.15) is 5.65 Å². The number of hydrogen-bond acceptors (Lipinski definition) is 2. The van der Waals surface area contributed by atoms with Gasteiger partial charge in [0, 0.05) is 29.8 Å². The van der Waals surface area contributed by atoms with Crippen LogP contribution < -0.4 is 0 Å². The van der Waals surface area contributed by atoms with E-state index >= 15 is 0 Å². The van der Waals surface area contributed by atoms with Crippen LogP contribution in [0.5, 0.6) is 0 Å². The highest BCUT2D eigenvalue weighted by Crippen LogP contribution is 2.27. The van der Waals surface area contributed by atoms with E-state index < -0.39 is 0 Å². The number of nitrogens with zero attached hydrogens (tertiary/aromatic N) is 1. The summed E-state index contributed by atoms with van der Waals surface area (Å²) in [5.74, 6) is 0.602. The van der Waals surface area contributed by atoms with Crippen LogP contribution in [-0.2, 0) is 0 Å². The van der Waals surface area contributed by atoms with E-state index in [-0.39, 0.29) is 11.2 Å². The molecule has 0 spiro atoms. The van der Waals surface area contributed by atoms with Gasteiger partial charge in [0.15, 0.2) is 5.78 Å². The van der Waals surface area contributed by atoms with Crippen molar-refractivity contribution in [1.29, 1.82) is 0 Å². The van der Waals surface area contributed by atoms with Gasteiger partial charge >= 0.3 is 0 Å². The average molecular weight is 258 g/mol. The molecule has 0 aliphatic heterocycles. The summed E-state index contributed by atoms with van der Waals surface area (Å²) in [5, 5.41) is 0.926. The van der Waals surface area contributed by atoms with Crippen molar-refractivity contribution in [2.24, 2.45) is 11.3 Å². The first-order valence-corrected chi connectivity index (χ1v) is 6.82. The molecule has 1 unspecified atom stereocenters. The van der Waals surface area contributed by atoms with Crippen LogP contribution in [0, 0.1) is 11.3 Å². The summed E-state index contributed by atoms with van der Waals surface area (Å²) in [7, 11) is 0. The number of ketones is 1. The summed E-state index contributed by atoms with van der Waals surface area (Å²) >= 11 is 0. The monoisotopic (exact) mass is 258 g/mol. The minimum Gasteiger partial charge on any atom is -0.345 e. The van der Waals surface area contributed by atoms with E-state index in [2.05, 4.69) is 37.7 Å². The lowest BCUT2D eigenvalue weighted by atomic mass is 9.83. The molecule has 3 nitrogen and oxygen atoms in total. The van der Waals surface area contributed by atoms with E-state index in [1.165, 1.54) is 0 Å². The minimum absolute atomic E-state index is 0.205. The standard InChI is InChI=1S/C16H22N2O/c1-11(9-16(2,3)4)8-14(19)13-10-18-15-12(13)6-5-7-17-15/h5-7,10-11H,8-9H2,1-4H3,(H,17,18). The molecule has 0 bridgehead atoms. The second kappa shape index (κ2) is 5.16. The number of H-pyrrole nitrogens is 1. The molecule has 2 aromatic rings. The Morgan fingerprint density at radius 2 is 2.16 bits per heavy atom. The highest BCUT2D eigenvalue weighted by molar-refractivity contribution is 6.07. The summed E-state index contributed by atoms with van der Waals surface area (Å²) in [6.45, 7) is 8.78. The maximum Gasteiger partial charge on any atom is 0.165 e. The third-order valence-corrected chi connectivity index (χ3v) is 3.25. The number of nitrogens with one attached hydrogen (secondary N) is 1. The number of aromatic nitrogens is 2. The van der Waals surface area contributed by atoms with Gasteiger partial charge in [-0.3, -0.25) is 4.79 Å². The zero-order valence-electron chi connectivity index (χ0n) is 12.2. The highest BCUT2D eigenvalue weighted by atomic mass is 16.1. The van der Waals surface area contributed by atoms with Crippen LogP contribution in [0.2, 0.25) is 0 Å². The van der Waals surface area contributed by atoms with E-state index in [1.54, 1.807) is 12.4 Å². The highest BCUT2D eigenvalue weighted by Gasteiger charge is 2.20. The molecule has 0 aliphatic carbocycles. The van der Waals surface area contributed by atoms with Gasteiger partial charge < -0.3 is 4.98 Å². The average Bonchev–Trinajstić information content (AvgIpc) is 2.69. The Kier molecular flexibility index (Phi) is 3.74. The molecule has 0 aliphatic rings. The Bertz CT molecular complexity index is 578. The molecule has 2 rings (SSSR count). The van der Waals surface area contributed by atoms with Crippen molar-refractivity contribution in [3.8, 4) is 0 Å². The topological polar surface area (TPSA) is 45.8 Å². The Morgan fingerprint density at radius 1 is 1.42 bits per heavy atom. The van der Waals surface area contributed by atoms with Gasteiger partial charge in [0.05, 0.1) is 0 Å². The second-order valence-corrected chi connectivity index (χ2v) is 6.60. The van der Waals surface area contributed by atoms with Gasteiger partial charge in [0.25, 0.3) is 0 Å². The van der Waals surface area contributed by atoms with Crippen LogP contribution in [0.4, 0.5) is 0 Å². The first kappa shape index (κ1) is 13.8. The number of aromatic amines is 1. The van der Waals surface area contributed by atoms with Crippen molar-refractivity contribution < 1.29 is 4.79 Å². The van der Waals surface area contributed by atoms with Gasteiger partial charge in [-0.05, 0) is 29.9 Å². The molecule has 102 valence electrons. The van der Waals surface area contributed by atoms with E-state index in [4.69, 9.17) is 0 Å². The number of pyridine rings is 1. The van der Waals surface area contributed by atoms with Crippen molar-refractivity contribution in [2.75, 3.05) is 0 Å². The molecule has 3 heteroatoms. The second-order valence-electron chi connectivity index (χ2n) is 6.60. The molecule has 1 atom stereocenters. The van der Waals surface area contributed by atoms with E-state index in [0.717, 1.165) is 23.0 Å². The molecule has 0 saturated carbocycles. The molecule has 0 amide bonds. The van der Waals surface area contributed by atoms with Crippen molar-refractivity contribution in [3.05, 3.63) is 30.1 Å². The predicted molar refractivity (Wildman–Crippen MR) is 78.3 cm³/mol. The first-order chi connectivity index (χ1) is 8.87. The van der Waals surface area contributed by atoms with Crippen molar-refractivity contribution in [3.63, 3.8) is 0 Å². The Balaban J connectivity index is 2.12. The molecule has 2 heterocycles. The fourth-order valence-corrected chi connectivity index (χ4v) is 2.73. The molecule has 0 aromatic carbocycles. The lowest BCUT2D eigenvalue weighted by Crippen LogP contribution is -2.14. The third-order valence-electron chi connectivity index (χ3n) is 3.25. The summed E-state index contributed by atoms with van der Waals surface area (Å²) in [4.78, 5) is 19.6. The van der Waals surface area contributed by atoms with Crippen LogP contribution in [-0.4, -0.2) is 15.8 Å². The number of fused-ring (bicyclic) bond motifs is 1. The number of carbonyl (C=O) groups is 1. The Labute approximate surface area is 114 Å². The zero-order valence-corrected chi connectivity index (χ0v) is 12.2. The Hall–Kier alpha value is -1.64. The predicted octanol–water partition coefficient (Wildman–Crippen LogP) is 4.21. The maximum atomic E-state index is 12.4. The molecule has 0 fully saturated rings. The molecule has 1 N–H and O–H groups in total. The SMILES string of the molecule is CC(CC(=O)c1c[nH]c2ncccc12)CC(C)(C)C. The van der Waals surface area contributed by atoms with Crippen LogP contribution >= 0.6 is 0 Å². The van der Waals surface area contributed by atoms with E-state index in [9.17, 15) is 4.79 Å². The number of carbonyl (C=O) groups excluding carboxylic acids is 1. The maximum absolute atomic E-state index is 12.4. The fourth-order valence-electron chi connectivity index (χ4n) is 2.73. The van der Waals surface area contributed by atoms with Crippen molar-refractivity contribution in [1.82, 2.24) is 9.97 Å². The smallest absolute Gasteiger partial charge is 0.165 e. The van der Waals surface area contributed by atoms with Gasteiger partial charge in [0.2, 0.25) is 0 Å². The van der Waals surface area contributed by atoms with Crippen LogP contribution in [0.1, 0.15) is 50.9 Å².